The number of nitrogens with zero attached hydrogens (tertiary/aromatic N) is 2. The van der Waals surface area contributed by atoms with Gasteiger partial charge in [-0.15, -0.1) is 0 Å². The molecule has 1 N–H and O–H groups in total. The Hall–Kier alpha value is -1.33. The molecule has 0 saturated carbocycles. The number of pyridine rings is 1. The Labute approximate surface area is 104 Å². The number of hydrogen-bond donors (Lipinski definition) is 1. The molecule has 0 aliphatic rings. The Morgan fingerprint density at radius 3 is 2.88 bits per heavy atom. The number of thioether (sulfide) groups is 1. The molecule has 0 saturated heterocycles. The molecule has 5 heteroatoms. The van der Waals surface area contributed by atoms with Crippen LogP contribution in [0.5, 0.6) is 0 Å². The summed E-state index contributed by atoms with van der Waals surface area (Å²) in [5.74, 6) is 0. The van der Waals surface area contributed by atoms with Crippen molar-refractivity contribution in [3.8, 4) is 0 Å². The minimum absolute atomic E-state index is 0.00128. The van der Waals surface area contributed by atoms with Crippen LogP contribution in [0, 0.1) is 0 Å². The van der Waals surface area contributed by atoms with Crippen molar-refractivity contribution in [2.75, 3.05) is 0 Å². The quantitative estimate of drug-likeness (QED) is 0.666. The second kappa shape index (κ2) is 4.89. The fourth-order valence-electron chi connectivity index (χ4n) is 1.46. The van der Waals surface area contributed by atoms with Gasteiger partial charge in [0.15, 0.2) is 6.29 Å². The van der Waals surface area contributed by atoms with E-state index < -0.39 is 6.10 Å². The number of aliphatic hydroxyl groups excluding tert-OH is 1. The zero-order chi connectivity index (χ0) is 12.4. The molecular formula is C12H14N2O2S. The van der Waals surface area contributed by atoms with E-state index in [0.717, 1.165) is 11.9 Å². The number of carbonyl (C=O) groups excluding carboxylic acids is 1. The van der Waals surface area contributed by atoms with Gasteiger partial charge in [-0.2, -0.15) is 0 Å². The summed E-state index contributed by atoms with van der Waals surface area (Å²) in [6.07, 6.45) is 2.17. The van der Waals surface area contributed by atoms with Gasteiger partial charge in [0, 0.05) is 11.4 Å². The third-order valence-corrected chi connectivity index (χ3v) is 3.91. The Bertz CT molecular complexity index is 536. The number of imidazole rings is 1. The largest absolute Gasteiger partial charge is 0.392 e. The fourth-order valence-corrected chi connectivity index (χ4v) is 2.42. The predicted octanol–water partition coefficient (Wildman–Crippen LogP) is 2.01. The Morgan fingerprint density at radius 2 is 2.24 bits per heavy atom. The van der Waals surface area contributed by atoms with Crippen molar-refractivity contribution in [2.24, 2.45) is 0 Å². The van der Waals surface area contributed by atoms with Crippen molar-refractivity contribution < 1.29 is 9.90 Å². The normalized spacial score (nSPS) is 14.8. The SMILES string of the molecule is CC(O)C(C)Sc1nc2ccccn2c1C=O. The highest BCUT2D eigenvalue weighted by molar-refractivity contribution is 8.00. The number of fused-ring (bicyclic) bond motifs is 1. The first-order valence-corrected chi connectivity index (χ1v) is 6.28. The summed E-state index contributed by atoms with van der Waals surface area (Å²) < 4.78 is 1.75. The first-order valence-electron chi connectivity index (χ1n) is 5.40. The minimum Gasteiger partial charge on any atom is -0.392 e. The van der Waals surface area contributed by atoms with E-state index in [1.165, 1.54) is 11.8 Å². The number of aldehydes is 1. The summed E-state index contributed by atoms with van der Waals surface area (Å²) in [6, 6.07) is 5.59. The standard InChI is InChI=1S/C12H14N2O2S/c1-8(16)9(2)17-12-10(7-15)14-6-4-3-5-11(14)13-12/h3-9,16H,1-2H3. The average Bonchev–Trinajstić information content (AvgIpc) is 2.65. The van der Waals surface area contributed by atoms with Crippen LogP contribution in [-0.4, -0.2) is 32.1 Å². The molecule has 0 aliphatic heterocycles. The van der Waals surface area contributed by atoms with Crippen molar-refractivity contribution in [3.05, 3.63) is 30.1 Å². The maximum Gasteiger partial charge on any atom is 0.169 e. The molecule has 90 valence electrons. The van der Waals surface area contributed by atoms with Crippen molar-refractivity contribution in [2.45, 2.75) is 30.2 Å². The molecule has 2 atom stereocenters. The minimum atomic E-state index is -0.440. The fraction of sp³-hybridized carbons (Fsp3) is 0.333. The Balaban J connectivity index is 2.43. The molecule has 2 aromatic rings. The molecule has 0 radical (unpaired) electrons. The molecule has 2 unspecified atom stereocenters. The molecule has 0 bridgehead atoms. The zero-order valence-corrected chi connectivity index (χ0v) is 10.5. The molecule has 0 aromatic carbocycles. The average molecular weight is 250 g/mol. The molecule has 0 spiro atoms. The number of carbonyl (C=O) groups is 1. The molecule has 0 fully saturated rings. The van der Waals surface area contributed by atoms with Crippen LogP contribution in [-0.2, 0) is 0 Å². The van der Waals surface area contributed by atoms with E-state index >= 15 is 0 Å². The van der Waals surface area contributed by atoms with E-state index in [1.54, 1.807) is 11.3 Å². The van der Waals surface area contributed by atoms with Crippen LogP contribution in [0.3, 0.4) is 0 Å². The molecule has 4 nitrogen and oxygen atoms in total. The molecular weight excluding hydrogens is 236 g/mol. The number of hydrogen-bond acceptors (Lipinski definition) is 4. The van der Waals surface area contributed by atoms with Crippen LogP contribution >= 0.6 is 11.8 Å². The third-order valence-electron chi connectivity index (χ3n) is 2.62. The smallest absolute Gasteiger partial charge is 0.169 e. The highest BCUT2D eigenvalue weighted by Crippen LogP contribution is 2.27. The summed E-state index contributed by atoms with van der Waals surface area (Å²) in [5.41, 5.74) is 1.29. The van der Waals surface area contributed by atoms with Crippen molar-refractivity contribution >= 4 is 23.7 Å². The molecule has 0 aliphatic carbocycles. The Morgan fingerprint density at radius 1 is 1.47 bits per heavy atom. The molecule has 2 rings (SSSR count). The highest BCUT2D eigenvalue weighted by atomic mass is 32.2. The summed E-state index contributed by atoms with van der Waals surface area (Å²) in [6.45, 7) is 3.64. The lowest BCUT2D eigenvalue weighted by molar-refractivity contribution is 0.111. The number of rotatable bonds is 4. The van der Waals surface area contributed by atoms with Crippen LogP contribution in [0.15, 0.2) is 29.4 Å². The van der Waals surface area contributed by atoms with E-state index in [0.29, 0.717) is 10.7 Å². The van der Waals surface area contributed by atoms with Gasteiger partial charge in [0.2, 0.25) is 0 Å². The zero-order valence-electron chi connectivity index (χ0n) is 9.70. The lowest BCUT2D eigenvalue weighted by Gasteiger charge is -2.12. The third kappa shape index (κ3) is 2.35. The predicted molar refractivity (Wildman–Crippen MR) is 67.6 cm³/mol. The van der Waals surface area contributed by atoms with Crippen LogP contribution < -0.4 is 0 Å². The maximum atomic E-state index is 11.1. The van der Waals surface area contributed by atoms with E-state index in [-0.39, 0.29) is 5.25 Å². The van der Waals surface area contributed by atoms with Crippen LogP contribution in [0.4, 0.5) is 0 Å². The topological polar surface area (TPSA) is 54.6 Å². The summed E-state index contributed by atoms with van der Waals surface area (Å²) in [5, 5.41) is 10.1. The van der Waals surface area contributed by atoms with Gasteiger partial charge in [-0.1, -0.05) is 24.8 Å². The van der Waals surface area contributed by atoms with Gasteiger partial charge in [0.1, 0.15) is 16.4 Å². The second-order valence-electron chi connectivity index (χ2n) is 3.91. The van der Waals surface area contributed by atoms with Crippen molar-refractivity contribution in [1.29, 1.82) is 0 Å². The number of aromatic nitrogens is 2. The van der Waals surface area contributed by atoms with Crippen molar-refractivity contribution in [3.63, 3.8) is 0 Å². The molecule has 2 aromatic heterocycles. The summed E-state index contributed by atoms with van der Waals surface area (Å²) >= 11 is 1.42. The van der Waals surface area contributed by atoms with Crippen LogP contribution in [0.2, 0.25) is 0 Å². The monoisotopic (exact) mass is 250 g/mol. The van der Waals surface area contributed by atoms with Gasteiger partial charge >= 0.3 is 0 Å². The summed E-state index contributed by atoms with van der Waals surface area (Å²) in [7, 11) is 0. The van der Waals surface area contributed by atoms with E-state index in [4.69, 9.17) is 0 Å². The first kappa shape index (κ1) is 12.1. The van der Waals surface area contributed by atoms with Crippen molar-refractivity contribution in [1.82, 2.24) is 9.38 Å². The van der Waals surface area contributed by atoms with Crippen LogP contribution in [0.25, 0.3) is 5.65 Å². The molecule has 2 heterocycles. The van der Waals surface area contributed by atoms with Gasteiger partial charge in [-0.25, -0.2) is 4.98 Å². The van der Waals surface area contributed by atoms with Crippen LogP contribution in [0.1, 0.15) is 24.3 Å². The second-order valence-corrected chi connectivity index (χ2v) is 5.28. The highest BCUT2D eigenvalue weighted by Gasteiger charge is 2.17. The first-order chi connectivity index (χ1) is 8.13. The molecule has 0 amide bonds. The lowest BCUT2D eigenvalue weighted by Crippen LogP contribution is -2.15. The number of aliphatic hydroxyl groups is 1. The maximum absolute atomic E-state index is 11.1. The van der Waals surface area contributed by atoms with E-state index in [9.17, 15) is 9.90 Å². The van der Waals surface area contributed by atoms with Gasteiger partial charge in [0.25, 0.3) is 0 Å². The lowest BCUT2D eigenvalue weighted by atomic mass is 10.3. The van der Waals surface area contributed by atoms with Gasteiger partial charge in [0.05, 0.1) is 6.10 Å². The van der Waals surface area contributed by atoms with Gasteiger partial charge in [-0.3, -0.25) is 9.20 Å². The van der Waals surface area contributed by atoms with Gasteiger partial charge in [-0.05, 0) is 19.1 Å². The van der Waals surface area contributed by atoms with Gasteiger partial charge < -0.3 is 5.11 Å². The summed E-state index contributed by atoms with van der Waals surface area (Å²) in [4.78, 5) is 15.5. The Kier molecular flexibility index (Phi) is 3.49. The van der Waals surface area contributed by atoms with E-state index in [2.05, 4.69) is 4.98 Å². The van der Waals surface area contributed by atoms with E-state index in [1.807, 2.05) is 31.3 Å². The molecule has 17 heavy (non-hydrogen) atoms.